The molecule has 12 heavy (non-hydrogen) atoms. The molecule has 1 unspecified atom stereocenters. The molecule has 0 heterocycles. The molecule has 0 aromatic carbocycles. The number of aliphatic imine (C=N–C) groups is 1. The lowest BCUT2D eigenvalue weighted by Gasteiger charge is -2.08. The maximum atomic E-state index is 4.38. The van der Waals surface area contributed by atoms with Crippen molar-refractivity contribution in [3.8, 4) is 0 Å². The first kappa shape index (κ1) is 8.98. The molecule has 1 rings (SSSR count). The van der Waals surface area contributed by atoms with Crippen LogP contribution in [0.5, 0.6) is 0 Å². The first-order chi connectivity index (χ1) is 5.70. The summed E-state index contributed by atoms with van der Waals surface area (Å²) in [4.78, 5) is 4.38. The highest BCUT2D eigenvalue weighted by atomic mass is 14.7. The average Bonchev–Trinajstić information content (AvgIpc) is 2.03. The molecule has 1 nitrogen and oxygen atoms in total. The van der Waals surface area contributed by atoms with Crippen LogP contribution in [0.4, 0.5) is 0 Å². The Bertz CT molecular complexity index is 263. The van der Waals surface area contributed by atoms with Gasteiger partial charge in [-0.2, -0.15) is 0 Å². The lowest BCUT2D eigenvalue weighted by atomic mass is 10.0. The predicted molar refractivity (Wildman–Crippen MR) is 54.3 cm³/mol. The summed E-state index contributed by atoms with van der Waals surface area (Å²) in [6.45, 7) is 6.26. The van der Waals surface area contributed by atoms with Gasteiger partial charge in [-0.3, -0.25) is 4.99 Å². The number of nitrogens with zero attached hydrogens (tertiary/aromatic N) is 1. The summed E-state index contributed by atoms with van der Waals surface area (Å²) in [7, 11) is 0. The second-order valence-electron chi connectivity index (χ2n) is 3.29. The molecule has 0 aliphatic heterocycles. The van der Waals surface area contributed by atoms with Crippen molar-refractivity contribution in [1.29, 1.82) is 0 Å². The van der Waals surface area contributed by atoms with Crippen LogP contribution in [-0.2, 0) is 0 Å². The van der Waals surface area contributed by atoms with Crippen molar-refractivity contribution in [2.24, 2.45) is 10.9 Å². The van der Waals surface area contributed by atoms with E-state index in [-0.39, 0.29) is 0 Å². The first-order valence-electron chi connectivity index (χ1n) is 4.26. The zero-order chi connectivity index (χ0) is 8.97. The number of hydrogen-bond donors (Lipinski definition) is 0. The summed E-state index contributed by atoms with van der Waals surface area (Å²) in [5, 5.41) is 0. The third-order valence-corrected chi connectivity index (χ3v) is 1.72. The second kappa shape index (κ2) is 4.05. The lowest BCUT2D eigenvalue weighted by molar-refractivity contribution is 0.994. The van der Waals surface area contributed by atoms with E-state index >= 15 is 0 Å². The van der Waals surface area contributed by atoms with Crippen molar-refractivity contribution in [3.63, 3.8) is 0 Å². The maximum Gasteiger partial charge on any atom is 0.0469 e. The molecule has 64 valence electrons. The normalized spacial score (nSPS) is 24.6. The minimum atomic E-state index is 0.450. The monoisotopic (exact) mass is 161 g/mol. The van der Waals surface area contributed by atoms with E-state index in [1.807, 2.05) is 12.3 Å². The van der Waals surface area contributed by atoms with Gasteiger partial charge in [0.25, 0.3) is 0 Å². The van der Waals surface area contributed by atoms with E-state index in [0.29, 0.717) is 5.92 Å². The molecule has 0 radical (unpaired) electrons. The molecule has 0 amide bonds. The van der Waals surface area contributed by atoms with Gasteiger partial charge in [0.1, 0.15) is 0 Å². The highest BCUT2D eigenvalue weighted by molar-refractivity contribution is 5.99. The van der Waals surface area contributed by atoms with Gasteiger partial charge in [-0.05, 0) is 19.9 Å². The Hall–Kier alpha value is -1.11. The third kappa shape index (κ3) is 2.50. The Morgan fingerprint density at radius 3 is 2.75 bits per heavy atom. The molecule has 0 saturated carbocycles. The van der Waals surface area contributed by atoms with Crippen molar-refractivity contribution >= 4 is 5.71 Å². The lowest BCUT2D eigenvalue weighted by Crippen LogP contribution is -2.06. The molecule has 1 aliphatic carbocycles. The SMILES string of the molecule is CC(C)=CN=C1C=CC=CC1C. The van der Waals surface area contributed by atoms with Crippen LogP contribution in [0.2, 0.25) is 0 Å². The summed E-state index contributed by atoms with van der Waals surface area (Å²) in [5.41, 5.74) is 2.37. The van der Waals surface area contributed by atoms with E-state index in [9.17, 15) is 0 Å². The Balaban J connectivity index is 2.75. The molecular weight excluding hydrogens is 146 g/mol. The molecule has 0 saturated heterocycles. The van der Waals surface area contributed by atoms with Crippen molar-refractivity contribution in [2.75, 3.05) is 0 Å². The summed E-state index contributed by atoms with van der Waals surface area (Å²) in [6, 6.07) is 0. The molecule has 0 aromatic heterocycles. The Morgan fingerprint density at radius 2 is 2.17 bits per heavy atom. The van der Waals surface area contributed by atoms with Crippen LogP contribution < -0.4 is 0 Å². The van der Waals surface area contributed by atoms with E-state index < -0.39 is 0 Å². The fourth-order valence-corrected chi connectivity index (χ4v) is 1.000. The van der Waals surface area contributed by atoms with Gasteiger partial charge < -0.3 is 0 Å². The summed E-state index contributed by atoms with van der Waals surface area (Å²) >= 11 is 0. The Morgan fingerprint density at radius 1 is 1.42 bits per heavy atom. The molecular formula is C11H15N. The smallest absolute Gasteiger partial charge is 0.0469 e. The fraction of sp³-hybridized carbons (Fsp3) is 0.364. The van der Waals surface area contributed by atoms with E-state index in [1.165, 1.54) is 5.57 Å². The quantitative estimate of drug-likeness (QED) is 0.560. The number of allylic oxidation sites excluding steroid dienone is 5. The highest BCUT2D eigenvalue weighted by Crippen LogP contribution is 2.08. The van der Waals surface area contributed by atoms with Gasteiger partial charge in [-0.15, -0.1) is 0 Å². The average molecular weight is 161 g/mol. The van der Waals surface area contributed by atoms with Crippen LogP contribution in [0.3, 0.4) is 0 Å². The standard InChI is InChI=1S/C11H15N/c1-9(2)8-12-11-7-5-4-6-10(11)3/h4-8,10H,1-3H3. The van der Waals surface area contributed by atoms with Crippen LogP contribution in [-0.4, -0.2) is 5.71 Å². The van der Waals surface area contributed by atoms with Crippen LogP contribution in [0.1, 0.15) is 20.8 Å². The number of rotatable bonds is 1. The van der Waals surface area contributed by atoms with Gasteiger partial charge in [0.2, 0.25) is 0 Å². The third-order valence-electron chi connectivity index (χ3n) is 1.72. The van der Waals surface area contributed by atoms with Crippen LogP contribution in [0.15, 0.2) is 41.1 Å². The van der Waals surface area contributed by atoms with Gasteiger partial charge >= 0.3 is 0 Å². The first-order valence-corrected chi connectivity index (χ1v) is 4.26. The number of hydrogen-bond acceptors (Lipinski definition) is 1. The van der Waals surface area contributed by atoms with Gasteiger partial charge in [0, 0.05) is 17.8 Å². The van der Waals surface area contributed by atoms with Crippen LogP contribution >= 0.6 is 0 Å². The van der Waals surface area contributed by atoms with Gasteiger partial charge in [0.05, 0.1) is 0 Å². The molecule has 0 N–H and O–H groups in total. The topological polar surface area (TPSA) is 12.4 Å². The summed E-state index contributed by atoms with van der Waals surface area (Å²) in [5.74, 6) is 0.450. The van der Waals surface area contributed by atoms with Gasteiger partial charge in [-0.1, -0.05) is 30.7 Å². The molecule has 0 aromatic rings. The largest absolute Gasteiger partial charge is 0.261 e. The summed E-state index contributed by atoms with van der Waals surface area (Å²) in [6.07, 6.45) is 10.2. The fourth-order valence-electron chi connectivity index (χ4n) is 1.000. The van der Waals surface area contributed by atoms with Gasteiger partial charge in [-0.25, -0.2) is 0 Å². The van der Waals surface area contributed by atoms with Crippen molar-refractivity contribution in [3.05, 3.63) is 36.1 Å². The van der Waals surface area contributed by atoms with E-state index in [2.05, 4.69) is 44.0 Å². The minimum Gasteiger partial charge on any atom is -0.261 e. The summed E-state index contributed by atoms with van der Waals surface area (Å²) < 4.78 is 0. The van der Waals surface area contributed by atoms with Crippen LogP contribution in [0, 0.1) is 5.92 Å². The van der Waals surface area contributed by atoms with E-state index in [4.69, 9.17) is 0 Å². The highest BCUT2D eigenvalue weighted by Gasteiger charge is 2.04. The maximum absolute atomic E-state index is 4.38. The predicted octanol–water partition coefficient (Wildman–Crippen LogP) is 3.11. The van der Waals surface area contributed by atoms with Crippen molar-refractivity contribution in [1.82, 2.24) is 0 Å². The molecule has 0 bridgehead atoms. The van der Waals surface area contributed by atoms with Crippen molar-refractivity contribution in [2.45, 2.75) is 20.8 Å². The Labute approximate surface area is 74.2 Å². The van der Waals surface area contributed by atoms with Crippen molar-refractivity contribution < 1.29 is 0 Å². The zero-order valence-electron chi connectivity index (χ0n) is 7.91. The molecule has 1 aliphatic rings. The minimum absolute atomic E-state index is 0.450. The van der Waals surface area contributed by atoms with Crippen LogP contribution in [0.25, 0.3) is 0 Å². The molecule has 1 atom stereocenters. The van der Waals surface area contributed by atoms with Gasteiger partial charge in [0.15, 0.2) is 0 Å². The molecule has 1 heteroatoms. The zero-order valence-corrected chi connectivity index (χ0v) is 7.91. The molecule has 0 fully saturated rings. The second-order valence-corrected chi connectivity index (χ2v) is 3.29. The molecule has 0 spiro atoms. The Kier molecular flexibility index (Phi) is 3.03. The van der Waals surface area contributed by atoms with E-state index in [1.54, 1.807) is 0 Å². The van der Waals surface area contributed by atoms with E-state index in [0.717, 1.165) is 5.71 Å².